The maximum atomic E-state index is 11.6. The van der Waals surface area contributed by atoms with Gasteiger partial charge in [-0.25, -0.2) is 0 Å². The van der Waals surface area contributed by atoms with E-state index in [1.807, 2.05) is 13.8 Å². The van der Waals surface area contributed by atoms with E-state index in [4.69, 9.17) is 9.47 Å². The molecule has 0 aliphatic heterocycles. The molecule has 0 amide bonds. The highest BCUT2D eigenvalue weighted by Crippen LogP contribution is 2.25. The number of carbonyl (C=O) groups is 1. The van der Waals surface area contributed by atoms with Gasteiger partial charge in [-0.05, 0) is 38.0 Å². The molecule has 0 aromatic carbocycles. The molecule has 0 saturated heterocycles. The molecule has 1 aliphatic carbocycles. The molecule has 1 fully saturated rings. The molecule has 112 valence electrons. The summed E-state index contributed by atoms with van der Waals surface area (Å²) in [6, 6.07) is 0.00662. The molecule has 0 bridgehead atoms. The van der Waals surface area contributed by atoms with Crippen LogP contribution in [-0.4, -0.2) is 37.9 Å². The SMILES string of the molecule is COC(=O)C(CCOC1CCC(C)CC1)NC(C)C. The lowest BCUT2D eigenvalue weighted by atomic mass is 9.89. The van der Waals surface area contributed by atoms with Crippen LogP contribution >= 0.6 is 0 Å². The van der Waals surface area contributed by atoms with Crippen LogP contribution in [-0.2, 0) is 14.3 Å². The highest BCUT2D eigenvalue weighted by Gasteiger charge is 2.22. The van der Waals surface area contributed by atoms with Crippen molar-refractivity contribution >= 4 is 5.97 Å². The van der Waals surface area contributed by atoms with Gasteiger partial charge in [-0.15, -0.1) is 0 Å². The Bertz CT molecular complexity index is 260. The predicted octanol–water partition coefficient (Wildman–Crippen LogP) is 2.51. The van der Waals surface area contributed by atoms with Gasteiger partial charge in [-0.3, -0.25) is 4.79 Å². The Labute approximate surface area is 117 Å². The van der Waals surface area contributed by atoms with Crippen molar-refractivity contribution in [3.8, 4) is 0 Å². The van der Waals surface area contributed by atoms with Crippen LogP contribution in [0.1, 0.15) is 52.9 Å². The summed E-state index contributed by atoms with van der Waals surface area (Å²) in [5.74, 6) is 0.639. The molecule has 1 atom stereocenters. The van der Waals surface area contributed by atoms with E-state index in [1.54, 1.807) is 0 Å². The first-order chi connectivity index (χ1) is 9.02. The zero-order valence-electron chi connectivity index (χ0n) is 12.8. The smallest absolute Gasteiger partial charge is 0.322 e. The highest BCUT2D eigenvalue weighted by molar-refractivity contribution is 5.75. The van der Waals surface area contributed by atoms with E-state index < -0.39 is 0 Å². The third kappa shape index (κ3) is 6.39. The van der Waals surface area contributed by atoms with E-state index >= 15 is 0 Å². The summed E-state index contributed by atoms with van der Waals surface area (Å²) in [6.45, 7) is 6.98. The third-order valence-corrected chi connectivity index (χ3v) is 3.74. The van der Waals surface area contributed by atoms with Crippen molar-refractivity contribution in [2.45, 2.75) is 71.1 Å². The lowest BCUT2D eigenvalue weighted by Crippen LogP contribution is -2.42. The minimum Gasteiger partial charge on any atom is -0.468 e. The van der Waals surface area contributed by atoms with Crippen LogP contribution in [0.5, 0.6) is 0 Å². The van der Waals surface area contributed by atoms with Gasteiger partial charge < -0.3 is 14.8 Å². The van der Waals surface area contributed by atoms with Crippen molar-refractivity contribution in [2.75, 3.05) is 13.7 Å². The molecule has 4 heteroatoms. The monoisotopic (exact) mass is 271 g/mol. The summed E-state index contributed by atoms with van der Waals surface area (Å²) < 4.78 is 10.7. The van der Waals surface area contributed by atoms with E-state index in [0.29, 0.717) is 19.1 Å². The zero-order valence-corrected chi connectivity index (χ0v) is 12.8. The van der Waals surface area contributed by atoms with E-state index in [9.17, 15) is 4.79 Å². The summed E-state index contributed by atoms with van der Waals surface area (Å²) >= 11 is 0. The average molecular weight is 271 g/mol. The zero-order chi connectivity index (χ0) is 14.3. The Morgan fingerprint density at radius 2 is 1.89 bits per heavy atom. The minimum atomic E-state index is -0.257. The van der Waals surface area contributed by atoms with Crippen LogP contribution in [0.15, 0.2) is 0 Å². The van der Waals surface area contributed by atoms with Crippen molar-refractivity contribution in [1.29, 1.82) is 0 Å². The topological polar surface area (TPSA) is 47.6 Å². The number of carbonyl (C=O) groups excluding carboxylic acids is 1. The minimum absolute atomic E-state index is 0.199. The molecule has 1 unspecified atom stereocenters. The van der Waals surface area contributed by atoms with Gasteiger partial charge in [0.25, 0.3) is 0 Å². The molecule has 4 nitrogen and oxygen atoms in total. The van der Waals surface area contributed by atoms with Gasteiger partial charge in [-0.1, -0.05) is 20.8 Å². The standard InChI is InChI=1S/C15H29NO3/c1-11(2)16-14(15(17)18-4)9-10-19-13-7-5-12(3)6-8-13/h11-14,16H,5-10H2,1-4H3. The van der Waals surface area contributed by atoms with Crippen molar-refractivity contribution in [2.24, 2.45) is 5.92 Å². The summed E-state index contributed by atoms with van der Waals surface area (Å²) in [7, 11) is 1.43. The molecule has 1 aliphatic rings. The van der Waals surface area contributed by atoms with Crippen LogP contribution in [0.4, 0.5) is 0 Å². The second-order valence-electron chi connectivity index (χ2n) is 5.94. The molecule has 0 heterocycles. The van der Waals surface area contributed by atoms with Crippen molar-refractivity contribution in [3.05, 3.63) is 0 Å². The number of rotatable bonds is 7. The van der Waals surface area contributed by atoms with Gasteiger partial charge >= 0.3 is 5.97 Å². The second kappa shape index (κ2) is 8.54. The molecule has 0 spiro atoms. The third-order valence-electron chi connectivity index (χ3n) is 3.74. The lowest BCUT2D eigenvalue weighted by Gasteiger charge is -2.27. The van der Waals surface area contributed by atoms with Crippen molar-refractivity contribution in [1.82, 2.24) is 5.32 Å². The number of hydrogen-bond acceptors (Lipinski definition) is 4. The summed E-state index contributed by atoms with van der Waals surface area (Å²) in [4.78, 5) is 11.6. The van der Waals surface area contributed by atoms with E-state index in [0.717, 1.165) is 18.8 Å². The van der Waals surface area contributed by atoms with Gasteiger partial charge in [-0.2, -0.15) is 0 Å². The molecule has 1 saturated carbocycles. The summed E-state index contributed by atoms with van der Waals surface area (Å²) in [6.07, 6.45) is 5.89. The number of esters is 1. The molecule has 0 aromatic rings. The van der Waals surface area contributed by atoms with E-state index in [2.05, 4.69) is 12.2 Å². The molecule has 19 heavy (non-hydrogen) atoms. The van der Waals surface area contributed by atoms with E-state index in [-0.39, 0.29) is 18.1 Å². The van der Waals surface area contributed by atoms with Gasteiger partial charge in [0.05, 0.1) is 13.2 Å². The van der Waals surface area contributed by atoms with Crippen LogP contribution in [0.2, 0.25) is 0 Å². The molecule has 1 N–H and O–H groups in total. The quantitative estimate of drug-likeness (QED) is 0.723. The van der Waals surface area contributed by atoms with Crippen LogP contribution in [0.25, 0.3) is 0 Å². The molecular weight excluding hydrogens is 242 g/mol. The highest BCUT2D eigenvalue weighted by atomic mass is 16.5. The van der Waals surface area contributed by atoms with E-state index in [1.165, 1.54) is 20.0 Å². The fraction of sp³-hybridized carbons (Fsp3) is 0.933. The van der Waals surface area contributed by atoms with Crippen LogP contribution < -0.4 is 5.32 Å². The number of ether oxygens (including phenoxy) is 2. The number of methoxy groups -OCH3 is 1. The average Bonchev–Trinajstić information content (AvgIpc) is 2.38. The number of hydrogen-bond donors (Lipinski definition) is 1. The fourth-order valence-corrected chi connectivity index (χ4v) is 2.56. The molecule has 0 aromatic heterocycles. The first-order valence-electron chi connectivity index (χ1n) is 7.48. The maximum Gasteiger partial charge on any atom is 0.322 e. The molecule has 1 rings (SSSR count). The fourth-order valence-electron chi connectivity index (χ4n) is 2.56. The lowest BCUT2D eigenvalue weighted by molar-refractivity contribution is -0.144. The maximum absolute atomic E-state index is 11.6. The molecule has 0 radical (unpaired) electrons. The first-order valence-corrected chi connectivity index (χ1v) is 7.48. The van der Waals surface area contributed by atoms with Gasteiger partial charge in [0, 0.05) is 12.6 Å². The Hall–Kier alpha value is -0.610. The largest absolute Gasteiger partial charge is 0.468 e. The Morgan fingerprint density at radius 1 is 1.26 bits per heavy atom. The summed E-state index contributed by atoms with van der Waals surface area (Å²) in [5, 5.41) is 3.22. The predicted molar refractivity (Wildman–Crippen MR) is 76.1 cm³/mol. The first kappa shape index (κ1) is 16.4. The Morgan fingerprint density at radius 3 is 2.42 bits per heavy atom. The van der Waals surface area contributed by atoms with Crippen LogP contribution in [0, 0.1) is 5.92 Å². The second-order valence-corrected chi connectivity index (χ2v) is 5.94. The van der Waals surface area contributed by atoms with Gasteiger partial charge in [0.2, 0.25) is 0 Å². The van der Waals surface area contributed by atoms with Gasteiger partial charge in [0.1, 0.15) is 6.04 Å². The normalized spacial score (nSPS) is 25.3. The Kier molecular flexibility index (Phi) is 7.39. The number of nitrogens with one attached hydrogen (secondary N) is 1. The van der Waals surface area contributed by atoms with Crippen molar-refractivity contribution < 1.29 is 14.3 Å². The summed E-state index contributed by atoms with van der Waals surface area (Å²) in [5.41, 5.74) is 0. The van der Waals surface area contributed by atoms with Crippen LogP contribution in [0.3, 0.4) is 0 Å². The Balaban J connectivity index is 2.25. The van der Waals surface area contributed by atoms with Crippen molar-refractivity contribution in [3.63, 3.8) is 0 Å². The molecular formula is C15H29NO3. The van der Waals surface area contributed by atoms with Gasteiger partial charge in [0.15, 0.2) is 0 Å².